The van der Waals surface area contributed by atoms with Crippen LogP contribution in [0.15, 0.2) is 24.3 Å². The third-order valence-corrected chi connectivity index (χ3v) is 4.59. The van der Waals surface area contributed by atoms with Crippen molar-refractivity contribution >= 4 is 29.9 Å². The Morgan fingerprint density at radius 3 is 2.68 bits per heavy atom. The molecule has 2 heterocycles. The highest BCUT2D eigenvalue weighted by atomic mass is 35.5. The normalized spacial score (nSPS) is 20.6. The van der Waals surface area contributed by atoms with Gasteiger partial charge in [-0.15, -0.1) is 12.4 Å². The third kappa shape index (κ3) is 5.70. The number of carbonyl (C=O) groups is 2. The largest absolute Gasteiger partial charge is 0.368 e. The molecule has 0 aromatic heterocycles. The van der Waals surface area contributed by atoms with Crippen molar-refractivity contribution in [1.82, 2.24) is 10.6 Å². The molecule has 138 valence electrons. The van der Waals surface area contributed by atoms with Crippen LogP contribution in [0.5, 0.6) is 0 Å². The summed E-state index contributed by atoms with van der Waals surface area (Å²) in [4.78, 5) is 24.3. The molecule has 3 N–H and O–H groups in total. The summed E-state index contributed by atoms with van der Waals surface area (Å²) >= 11 is 0. The maximum absolute atomic E-state index is 12.2. The number of piperidine rings is 1. The zero-order chi connectivity index (χ0) is 16.8. The highest BCUT2D eigenvalue weighted by Gasteiger charge is 2.23. The van der Waals surface area contributed by atoms with Gasteiger partial charge in [0.25, 0.3) is 5.91 Å². The molecule has 2 aliphatic rings. The predicted molar refractivity (Wildman–Crippen MR) is 98.7 cm³/mol. The molecule has 2 amide bonds. The highest BCUT2D eigenvalue weighted by Crippen LogP contribution is 2.17. The SMILES string of the molecule is Cl.O=C(NCc1cccc(NC(=O)C2CCCO2)c1)C1CCNCC1. The lowest BCUT2D eigenvalue weighted by Gasteiger charge is -2.21. The molecule has 2 aliphatic heterocycles. The van der Waals surface area contributed by atoms with E-state index in [2.05, 4.69) is 16.0 Å². The Hall–Kier alpha value is -1.63. The molecule has 1 unspecified atom stereocenters. The summed E-state index contributed by atoms with van der Waals surface area (Å²) in [6.45, 7) is 2.94. The number of anilines is 1. The van der Waals surface area contributed by atoms with Gasteiger partial charge in [-0.05, 0) is 56.5 Å². The van der Waals surface area contributed by atoms with E-state index in [1.54, 1.807) is 0 Å². The first-order valence-corrected chi connectivity index (χ1v) is 8.72. The van der Waals surface area contributed by atoms with Crippen molar-refractivity contribution in [3.05, 3.63) is 29.8 Å². The molecule has 2 saturated heterocycles. The van der Waals surface area contributed by atoms with E-state index in [0.717, 1.165) is 50.0 Å². The first-order chi connectivity index (χ1) is 11.7. The Balaban J connectivity index is 0.00000225. The lowest BCUT2D eigenvalue weighted by Crippen LogP contribution is -2.37. The molecule has 1 atom stereocenters. The van der Waals surface area contributed by atoms with Crippen LogP contribution in [-0.2, 0) is 20.9 Å². The van der Waals surface area contributed by atoms with Crippen molar-refractivity contribution in [2.75, 3.05) is 25.0 Å². The summed E-state index contributed by atoms with van der Waals surface area (Å²) in [5, 5.41) is 9.15. The average Bonchev–Trinajstić information content (AvgIpc) is 3.15. The van der Waals surface area contributed by atoms with E-state index in [0.29, 0.717) is 13.2 Å². The van der Waals surface area contributed by atoms with Gasteiger partial charge in [0.1, 0.15) is 6.10 Å². The van der Waals surface area contributed by atoms with Gasteiger partial charge in [0.2, 0.25) is 5.91 Å². The van der Waals surface area contributed by atoms with Gasteiger partial charge < -0.3 is 20.7 Å². The van der Waals surface area contributed by atoms with Gasteiger partial charge in [-0.1, -0.05) is 12.1 Å². The van der Waals surface area contributed by atoms with Crippen LogP contribution in [0.1, 0.15) is 31.2 Å². The molecule has 3 rings (SSSR count). The fourth-order valence-corrected chi connectivity index (χ4v) is 3.18. The molecule has 2 fully saturated rings. The zero-order valence-electron chi connectivity index (χ0n) is 14.3. The summed E-state index contributed by atoms with van der Waals surface area (Å²) in [5.41, 5.74) is 1.71. The zero-order valence-corrected chi connectivity index (χ0v) is 15.1. The molecule has 0 radical (unpaired) electrons. The van der Waals surface area contributed by atoms with Crippen LogP contribution in [0.2, 0.25) is 0 Å². The van der Waals surface area contributed by atoms with Crippen molar-refractivity contribution in [2.24, 2.45) is 5.92 Å². The van der Waals surface area contributed by atoms with Gasteiger partial charge in [0.05, 0.1) is 0 Å². The molecule has 0 spiro atoms. The summed E-state index contributed by atoms with van der Waals surface area (Å²) in [6, 6.07) is 7.59. The number of amides is 2. The van der Waals surface area contributed by atoms with Gasteiger partial charge >= 0.3 is 0 Å². The number of benzene rings is 1. The maximum Gasteiger partial charge on any atom is 0.253 e. The Labute approximate surface area is 154 Å². The standard InChI is InChI=1S/C18H25N3O3.ClH/c22-17(14-6-8-19-9-7-14)20-12-13-3-1-4-15(11-13)21-18(23)16-5-2-10-24-16;/h1,3-4,11,14,16,19H,2,5-10,12H2,(H,20,22)(H,21,23);1H. The van der Waals surface area contributed by atoms with Crippen LogP contribution in [0.3, 0.4) is 0 Å². The van der Waals surface area contributed by atoms with Gasteiger partial charge in [0.15, 0.2) is 0 Å². The number of nitrogens with one attached hydrogen (secondary N) is 3. The Morgan fingerprint density at radius 1 is 1.16 bits per heavy atom. The van der Waals surface area contributed by atoms with Crippen molar-refractivity contribution < 1.29 is 14.3 Å². The van der Waals surface area contributed by atoms with Crippen LogP contribution in [-0.4, -0.2) is 37.6 Å². The lowest BCUT2D eigenvalue weighted by atomic mass is 9.97. The van der Waals surface area contributed by atoms with Crippen molar-refractivity contribution in [1.29, 1.82) is 0 Å². The second-order valence-corrected chi connectivity index (χ2v) is 6.43. The molecule has 0 bridgehead atoms. The number of halogens is 1. The van der Waals surface area contributed by atoms with Crippen molar-refractivity contribution in [3.63, 3.8) is 0 Å². The van der Waals surface area contributed by atoms with Gasteiger partial charge in [-0.2, -0.15) is 0 Å². The third-order valence-electron chi connectivity index (χ3n) is 4.59. The molecule has 25 heavy (non-hydrogen) atoms. The minimum absolute atomic E-state index is 0. The van der Waals surface area contributed by atoms with E-state index in [-0.39, 0.29) is 36.2 Å². The van der Waals surface area contributed by atoms with Gasteiger partial charge in [-0.3, -0.25) is 9.59 Å². The number of ether oxygens (including phenoxy) is 1. The van der Waals surface area contributed by atoms with E-state index < -0.39 is 0 Å². The number of rotatable bonds is 5. The van der Waals surface area contributed by atoms with Crippen LogP contribution >= 0.6 is 12.4 Å². The number of carbonyl (C=O) groups excluding carboxylic acids is 2. The van der Waals surface area contributed by atoms with Gasteiger partial charge in [0, 0.05) is 24.8 Å². The molecule has 6 nitrogen and oxygen atoms in total. The minimum Gasteiger partial charge on any atom is -0.368 e. The highest BCUT2D eigenvalue weighted by molar-refractivity contribution is 5.94. The van der Waals surface area contributed by atoms with Crippen molar-refractivity contribution in [2.45, 2.75) is 38.3 Å². The monoisotopic (exact) mass is 367 g/mol. The number of hydrogen-bond acceptors (Lipinski definition) is 4. The average molecular weight is 368 g/mol. The van der Waals surface area contributed by atoms with Gasteiger partial charge in [-0.25, -0.2) is 0 Å². The topological polar surface area (TPSA) is 79.5 Å². The Kier molecular flexibility index (Phi) is 7.68. The lowest BCUT2D eigenvalue weighted by molar-refractivity contribution is -0.126. The minimum atomic E-state index is -0.340. The predicted octanol–water partition coefficient (Wildman–Crippen LogP) is 1.84. The molecule has 7 heteroatoms. The summed E-state index contributed by atoms with van der Waals surface area (Å²) in [7, 11) is 0. The Bertz CT molecular complexity index is 585. The number of hydrogen-bond donors (Lipinski definition) is 3. The van der Waals surface area contributed by atoms with Crippen LogP contribution in [0.25, 0.3) is 0 Å². The molecular weight excluding hydrogens is 342 g/mol. The first kappa shape index (κ1) is 19.7. The van der Waals surface area contributed by atoms with E-state index in [1.165, 1.54) is 0 Å². The van der Waals surface area contributed by atoms with Crippen LogP contribution in [0.4, 0.5) is 5.69 Å². The van der Waals surface area contributed by atoms with E-state index in [9.17, 15) is 9.59 Å². The van der Waals surface area contributed by atoms with E-state index in [4.69, 9.17) is 4.74 Å². The van der Waals surface area contributed by atoms with E-state index in [1.807, 2.05) is 24.3 Å². The smallest absolute Gasteiger partial charge is 0.253 e. The summed E-state index contributed by atoms with van der Waals surface area (Å²) < 4.78 is 5.39. The van der Waals surface area contributed by atoms with E-state index >= 15 is 0 Å². The maximum atomic E-state index is 12.2. The summed E-state index contributed by atoms with van der Waals surface area (Å²) in [5.74, 6) is 0.127. The quantitative estimate of drug-likeness (QED) is 0.742. The summed E-state index contributed by atoms with van der Waals surface area (Å²) in [6.07, 6.45) is 3.15. The molecular formula is C18H26ClN3O3. The second-order valence-electron chi connectivity index (χ2n) is 6.43. The molecule has 1 aromatic carbocycles. The molecule has 0 saturated carbocycles. The fourth-order valence-electron chi connectivity index (χ4n) is 3.18. The Morgan fingerprint density at radius 2 is 1.96 bits per heavy atom. The fraction of sp³-hybridized carbons (Fsp3) is 0.556. The van der Waals surface area contributed by atoms with Crippen LogP contribution < -0.4 is 16.0 Å². The molecule has 1 aromatic rings. The first-order valence-electron chi connectivity index (χ1n) is 8.72. The van der Waals surface area contributed by atoms with Crippen molar-refractivity contribution in [3.8, 4) is 0 Å². The molecule has 0 aliphatic carbocycles. The second kappa shape index (κ2) is 9.75. The van der Waals surface area contributed by atoms with Crippen LogP contribution in [0, 0.1) is 5.92 Å².